The SMILES string of the molecule is CCC(C)NC(=O)COc1ccc(S(=O)(=O)N(CC)CC)cc1[N+](=O)[O-]. The summed E-state index contributed by atoms with van der Waals surface area (Å²) in [6.45, 7) is 7.21. The molecule has 1 aromatic rings. The summed E-state index contributed by atoms with van der Waals surface area (Å²) in [4.78, 5) is 22.1. The van der Waals surface area contributed by atoms with Gasteiger partial charge in [-0.2, -0.15) is 4.31 Å². The Morgan fingerprint density at radius 1 is 1.31 bits per heavy atom. The molecule has 1 aromatic carbocycles. The molecule has 0 heterocycles. The molecular formula is C16H25N3O6S. The van der Waals surface area contributed by atoms with Crippen molar-refractivity contribution in [3.63, 3.8) is 0 Å². The molecule has 1 N–H and O–H groups in total. The maximum atomic E-state index is 12.5. The van der Waals surface area contributed by atoms with Crippen LogP contribution in [0.5, 0.6) is 5.75 Å². The second-order valence-electron chi connectivity index (χ2n) is 5.64. The van der Waals surface area contributed by atoms with E-state index >= 15 is 0 Å². The number of rotatable bonds is 10. The number of sulfonamides is 1. The van der Waals surface area contributed by atoms with E-state index in [2.05, 4.69) is 5.32 Å². The third-order valence-corrected chi connectivity index (χ3v) is 5.89. The maximum absolute atomic E-state index is 12.5. The number of nitrogens with zero attached hydrogens (tertiary/aromatic N) is 2. The average Bonchev–Trinajstić information content (AvgIpc) is 2.60. The molecule has 0 aliphatic carbocycles. The Labute approximate surface area is 153 Å². The summed E-state index contributed by atoms with van der Waals surface area (Å²) in [5.74, 6) is -0.568. The highest BCUT2D eigenvalue weighted by Gasteiger charge is 2.26. The zero-order chi connectivity index (χ0) is 19.9. The molecule has 9 nitrogen and oxygen atoms in total. The zero-order valence-corrected chi connectivity index (χ0v) is 16.2. The Bertz CT molecular complexity index is 746. The lowest BCUT2D eigenvalue weighted by atomic mass is 10.2. The molecule has 10 heteroatoms. The molecule has 0 saturated heterocycles. The molecular weight excluding hydrogens is 362 g/mol. The molecule has 26 heavy (non-hydrogen) atoms. The maximum Gasteiger partial charge on any atom is 0.312 e. The number of hydrogen-bond acceptors (Lipinski definition) is 6. The summed E-state index contributed by atoms with van der Waals surface area (Å²) < 4.78 is 31.4. The number of hydrogen-bond donors (Lipinski definition) is 1. The summed E-state index contributed by atoms with van der Waals surface area (Å²) >= 11 is 0. The smallest absolute Gasteiger partial charge is 0.312 e. The largest absolute Gasteiger partial charge is 0.477 e. The third kappa shape index (κ3) is 5.40. The van der Waals surface area contributed by atoms with Crippen molar-refractivity contribution in [2.75, 3.05) is 19.7 Å². The summed E-state index contributed by atoms with van der Waals surface area (Å²) in [6, 6.07) is 3.35. The van der Waals surface area contributed by atoms with E-state index < -0.39 is 33.1 Å². The van der Waals surface area contributed by atoms with Crippen molar-refractivity contribution >= 4 is 21.6 Å². The minimum atomic E-state index is -3.83. The van der Waals surface area contributed by atoms with Crippen LogP contribution in [-0.2, 0) is 14.8 Å². The van der Waals surface area contributed by atoms with Crippen LogP contribution >= 0.6 is 0 Å². The van der Waals surface area contributed by atoms with Gasteiger partial charge in [-0.15, -0.1) is 0 Å². The van der Waals surface area contributed by atoms with Gasteiger partial charge >= 0.3 is 5.69 Å². The number of carbonyl (C=O) groups is 1. The van der Waals surface area contributed by atoms with Gasteiger partial charge in [-0.25, -0.2) is 8.42 Å². The van der Waals surface area contributed by atoms with Crippen molar-refractivity contribution in [2.24, 2.45) is 0 Å². The second-order valence-corrected chi connectivity index (χ2v) is 7.58. The van der Waals surface area contributed by atoms with Gasteiger partial charge in [0.25, 0.3) is 5.91 Å². The first kappa shape index (κ1) is 21.8. The standard InChI is InChI=1S/C16H25N3O6S/c1-5-12(4)17-16(20)11-25-15-9-8-13(10-14(15)19(21)22)26(23,24)18(6-2)7-3/h8-10,12H,5-7,11H2,1-4H3,(H,17,20). The number of nitrogens with one attached hydrogen (secondary N) is 1. The summed E-state index contributed by atoms with van der Waals surface area (Å²) in [6.07, 6.45) is 0.740. The zero-order valence-electron chi connectivity index (χ0n) is 15.4. The van der Waals surface area contributed by atoms with Gasteiger partial charge < -0.3 is 10.1 Å². The normalized spacial score (nSPS) is 12.7. The van der Waals surface area contributed by atoms with Crippen LogP contribution in [0.3, 0.4) is 0 Å². The fourth-order valence-electron chi connectivity index (χ4n) is 2.20. The van der Waals surface area contributed by atoms with Crippen LogP contribution in [0.15, 0.2) is 23.1 Å². The van der Waals surface area contributed by atoms with Crippen molar-refractivity contribution in [2.45, 2.75) is 45.1 Å². The monoisotopic (exact) mass is 387 g/mol. The summed E-state index contributed by atoms with van der Waals surface area (Å²) in [5.41, 5.74) is -0.505. The number of amides is 1. The third-order valence-electron chi connectivity index (χ3n) is 3.85. The van der Waals surface area contributed by atoms with Crippen molar-refractivity contribution < 1.29 is 22.9 Å². The molecule has 0 spiro atoms. The number of benzene rings is 1. The van der Waals surface area contributed by atoms with Gasteiger partial charge in [0.15, 0.2) is 12.4 Å². The lowest BCUT2D eigenvalue weighted by Crippen LogP contribution is -2.35. The molecule has 0 radical (unpaired) electrons. The first-order chi connectivity index (χ1) is 12.2. The highest BCUT2D eigenvalue weighted by atomic mass is 32.2. The minimum absolute atomic E-state index is 0.0392. The van der Waals surface area contributed by atoms with Gasteiger partial charge in [-0.3, -0.25) is 14.9 Å². The molecule has 0 aliphatic rings. The fraction of sp³-hybridized carbons (Fsp3) is 0.562. The lowest BCUT2D eigenvalue weighted by molar-refractivity contribution is -0.386. The van der Waals surface area contributed by atoms with Crippen LogP contribution in [0.1, 0.15) is 34.1 Å². The summed E-state index contributed by atoms with van der Waals surface area (Å²) in [5, 5.41) is 14.0. The lowest BCUT2D eigenvalue weighted by Gasteiger charge is -2.18. The molecule has 0 aromatic heterocycles. The number of nitro groups is 1. The molecule has 1 rings (SSSR count). The Kier molecular flexibility index (Phi) is 7.97. The van der Waals surface area contributed by atoms with Crippen LogP contribution in [-0.4, -0.2) is 49.3 Å². The van der Waals surface area contributed by atoms with Crippen LogP contribution in [0, 0.1) is 10.1 Å². The predicted octanol–water partition coefficient (Wildman–Crippen LogP) is 1.92. The van der Waals surface area contributed by atoms with Gasteiger partial charge in [-0.1, -0.05) is 20.8 Å². The van der Waals surface area contributed by atoms with Crippen LogP contribution in [0.4, 0.5) is 5.69 Å². The molecule has 1 unspecified atom stereocenters. The summed E-state index contributed by atoms with van der Waals surface area (Å²) in [7, 11) is -3.83. The average molecular weight is 387 g/mol. The van der Waals surface area contributed by atoms with Crippen LogP contribution in [0.25, 0.3) is 0 Å². The minimum Gasteiger partial charge on any atom is -0.477 e. The Morgan fingerprint density at radius 3 is 2.42 bits per heavy atom. The van der Waals surface area contributed by atoms with E-state index in [1.807, 2.05) is 13.8 Å². The predicted molar refractivity (Wildman–Crippen MR) is 96.6 cm³/mol. The molecule has 1 atom stereocenters. The number of carbonyl (C=O) groups excluding carboxylic acids is 1. The number of nitro benzene ring substituents is 1. The van der Waals surface area contributed by atoms with E-state index in [4.69, 9.17) is 4.74 Å². The molecule has 0 bridgehead atoms. The molecule has 146 valence electrons. The van der Waals surface area contributed by atoms with Gasteiger partial charge in [0.1, 0.15) is 0 Å². The highest BCUT2D eigenvalue weighted by Crippen LogP contribution is 2.30. The first-order valence-corrected chi connectivity index (χ1v) is 9.82. The molecule has 0 aliphatic heterocycles. The Hall–Kier alpha value is -2.20. The van der Waals surface area contributed by atoms with Crippen LogP contribution < -0.4 is 10.1 Å². The van der Waals surface area contributed by atoms with Gasteiger partial charge in [0, 0.05) is 25.2 Å². The van der Waals surface area contributed by atoms with Crippen LogP contribution in [0.2, 0.25) is 0 Å². The Balaban J connectivity index is 3.07. The molecule has 0 saturated carbocycles. The number of ether oxygens (including phenoxy) is 1. The highest BCUT2D eigenvalue weighted by molar-refractivity contribution is 7.89. The van der Waals surface area contributed by atoms with Crippen molar-refractivity contribution in [3.05, 3.63) is 28.3 Å². The van der Waals surface area contributed by atoms with Crippen molar-refractivity contribution in [3.8, 4) is 5.75 Å². The van der Waals surface area contributed by atoms with Gasteiger partial charge in [-0.05, 0) is 25.5 Å². The van der Waals surface area contributed by atoms with E-state index in [1.165, 1.54) is 16.4 Å². The van der Waals surface area contributed by atoms with E-state index in [-0.39, 0.29) is 29.8 Å². The quantitative estimate of drug-likeness (QED) is 0.484. The van der Waals surface area contributed by atoms with E-state index in [1.54, 1.807) is 13.8 Å². The van der Waals surface area contributed by atoms with Gasteiger partial charge in [0.2, 0.25) is 10.0 Å². The van der Waals surface area contributed by atoms with E-state index in [9.17, 15) is 23.3 Å². The Morgan fingerprint density at radius 2 is 1.92 bits per heavy atom. The first-order valence-electron chi connectivity index (χ1n) is 8.38. The fourth-order valence-corrected chi connectivity index (χ4v) is 3.68. The molecule has 1 amide bonds. The van der Waals surface area contributed by atoms with Crippen molar-refractivity contribution in [1.29, 1.82) is 0 Å². The topological polar surface area (TPSA) is 119 Å². The van der Waals surface area contributed by atoms with E-state index in [0.717, 1.165) is 12.5 Å². The van der Waals surface area contributed by atoms with Gasteiger partial charge in [0.05, 0.1) is 9.82 Å². The van der Waals surface area contributed by atoms with Crippen molar-refractivity contribution in [1.82, 2.24) is 9.62 Å². The second kappa shape index (κ2) is 9.48. The van der Waals surface area contributed by atoms with E-state index in [0.29, 0.717) is 0 Å². The molecule has 0 fully saturated rings.